The summed E-state index contributed by atoms with van der Waals surface area (Å²) < 4.78 is 2.90. The molecule has 0 aliphatic carbocycles. The smallest absolute Gasteiger partial charge is 0.277 e. The molecule has 8 aromatic heterocycles. The lowest BCUT2D eigenvalue weighted by atomic mass is 10.1. The molecule has 68 heavy (non-hydrogen) atoms. The van der Waals surface area contributed by atoms with Crippen LogP contribution in [0.25, 0.3) is 0 Å². The van der Waals surface area contributed by atoms with Crippen molar-refractivity contribution in [1.82, 2.24) is 44.7 Å². The number of fused-ring (bicyclic) bond motifs is 2. The SMILES string of the molecule is CC(=O)c1ccsc1.CC1(c2ccsc2)NC(=O)c2ccc(Cl)c(=O)n21.CC1(c2ccsc2)NC(=O)c2ccc(Nc3ccncn3)c(=O)n21.NC(=O)c1ccc(Cl)c(=O)[nH]1.Nc1ccncn1. The Hall–Kier alpha value is -7.63. The highest BCUT2D eigenvalue weighted by molar-refractivity contribution is 7.08. The van der Waals surface area contributed by atoms with Gasteiger partial charge in [-0.3, -0.25) is 42.7 Å². The van der Waals surface area contributed by atoms with Gasteiger partial charge < -0.3 is 32.4 Å². The van der Waals surface area contributed by atoms with Crippen LogP contribution in [0, 0.1) is 0 Å². The largest absolute Gasteiger partial charge is 0.384 e. The Bertz CT molecular complexity index is 3240. The molecule has 8 N–H and O–H groups in total. The summed E-state index contributed by atoms with van der Waals surface area (Å²) in [5.74, 6) is -0.0518. The number of hydrogen-bond acceptors (Lipinski definition) is 16. The first-order chi connectivity index (χ1) is 32.4. The van der Waals surface area contributed by atoms with Gasteiger partial charge in [-0.2, -0.15) is 34.0 Å². The number of H-pyrrole nitrogens is 1. The number of nitrogens with zero attached hydrogens (tertiary/aromatic N) is 6. The van der Waals surface area contributed by atoms with E-state index >= 15 is 0 Å². The number of hydrogen-bond donors (Lipinski definition) is 6. The quantitative estimate of drug-likeness (QED) is 0.103. The van der Waals surface area contributed by atoms with Gasteiger partial charge in [0.15, 0.2) is 5.78 Å². The van der Waals surface area contributed by atoms with E-state index in [9.17, 15) is 33.6 Å². The summed E-state index contributed by atoms with van der Waals surface area (Å²) >= 11 is 15.8. The van der Waals surface area contributed by atoms with Crippen LogP contribution in [-0.4, -0.2) is 57.6 Å². The van der Waals surface area contributed by atoms with E-state index in [1.54, 1.807) is 67.9 Å². The molecule has 10 rings (SSSR count). The Morgan fingerprint density at radius 1 is 0.676 bits per heavy atom. The van der Waals surface area contributed by atoms with Gasteiger partial charge in [0.1, 0.15) is 68.4 Å². The van der Waals surface area contributed by atoms with Gasteiger partial charge in [-0.05, 0) is 114 Å². The lowest BCUT2D eigenvalue weighted by molar-refractivity contribution is 0.0932. The summed E-state index contributed by atoms with van der Waals surface area (Å²) in [6.45, 7) is 5.18. The zero-order chi connectivity index (χ0) is 49.2. The van der Waals surface area contributed by atoms with Gasteiger partial charge >= 0.3 is 0 Å². The lowest BCUT2D eigenvalue weighted by Gasteiger charge is -2.26. The Morgan fingerprint density at radius 3 is 1.66 bits per heavy atom. The van der Waals surface area contributed by atoms with Crippen LogP contribution in [0.4, 0.5) is 17.3 Å². The molecule has 2 unspecified atom stereocenters. The minimum atomic E-state index is -0.910. The van der Waals surface area contributed by atoms with E-state index in [1.165, 1.54) is 62.7 Å². The van der Waals surface area contributed by atoms with Gasteiger partial charge in [0.05, 0.1) is 0 Å². The van der Waals surface area contributed by atoms with Crippen molar-refractivity contribution in [2.45, 2.75) is 32.1 Å². The number of aromatic amines is 1. The molecule has 8 aromatic rings. The predicted octanol–water partition coefficient (Wildman–Crippen LogP) is 6.07. The maximum atomic E-state index is 13.0. The number of aromatic nitrogens is 7. The third-order valence-electron chi connectivity index (χ3n) is 9.86. The summed E-state index contributed by atoms with van der Waals surface area (Å²) in [6.07, 6.45) is 5.99. The molecule has 2 aliphatic rings. The molecule has 0 aromatic carbocycles. The van der Waals surface area contributed by atoms with Crippen LogP contribution in [0.5, 0.6) is 0 Å². The number of carbonyl (C=O) groups is 4. The number of ketones is 1. The van der Waals surface area contributed by atoms with Gasteiger partial charge in [-0.25, -0.2) is 19.9 Å². The molecule has 24 heteroatoms. The Kier molecular flexibility index (Phi) is 15.9. The molecule has 10 heterocycles. The minimum absolute atomic E-state index is 0.0370. The van der Waals surface area contributed by atoms with Gasteiger partial charge in [-0.1, -0.05) is 23.2 Å². The van der Waals surface area contributed by atoms with Crippen LogP contribution in [0.2, 0.25) is 10.0 Å². The fraction of sp³-hybridized carbons (Fsp3) is 0.114. The second-order valence-electron chi connectivity index (χ2n) is 14.4. The standard InChI is InChI=1S/C16H13N5O2S.C12H9ClN2O2S.C6H5ClN2O2.C6H6OS.C4H5N3/c1-16(10-5-7-24-8-10)20-14(22)12-3-2-11(15(23)21(12)16)19-13-4-6-17-9-18-13;1-12(7-4-5-18-6-7)14-10(16)9-3-2-8(13)11(17)15(9)12;7-3-1-2-4(5(8)10)9-6(3)11;1-5(7)6-2-3-8-4-6;5-4-1-2-6-3-7-4/h2-9H,1H3,(H,20,22)(H,17,18,19);2-6H,1H3,(H,14,16);1-2H,(H2,8,10)(H,9,11);2-4H,1H3;1-3H,(H2,5,6,7). The minimum Gasteiger partial charge on any atom is -0.384 e. The predicted molar refractivity (Wildman–Crippen MR) is 262 cm³/mol. The second-order valence-corrected chi connectivity index (χ2v) is 17.5. The Morgan fingerprint density at radius 2 is 1.22 bits per heavy atom. The number of anilines is 3. The van der Waals surface area contributed by atoms with Crippen molar-refractivity contribution in [3.05, 3.63) is 199 Å². The summed E-state index contributed by atoms with van der Waals surface area (Å²) in [5, 5.41) is 20.3. The molecule has 3 amide bonds. The van der Waals surface area contributed by atoms with E-state index < -0.39 is 22.8 Å². The number of Topliss-reactive ketones (excluding diaryl/α,β-unsaturated/α-hetero) is 1. The molecular formula is C44H38Cl2N12O7S3. The third-order valence-corrected chi connectivity index (χ3v) is 12.5. The molecule has 0 fully saturated rings. The van der Waals surface area contributed by atoms with E-state index in [0.29, 0.717) is 28.7 Å². The average molecular weight is 1010 g/mol. The number of nitrogens with two attached hydrogens (primary N) is 2. The van der Waals surface area contributed by atoms with Crippen LogP contribution in [-0.2, 0) is 11.3 Å². The van der Waals surface area contributed by atoms with E-state index in [0.717, 1.165) is 16.7 Å². The Balaban J connectivity index is 0.000000152. The summed E-state index contributed by atoms with van der Waals surface area (Å²) in [5.41, 5.74) is 10.8. The van der Waals surface area contributed by atoms with Crippen molar-refractivity contribution in [3.8, 4) is 0 Å². The number of pyridine rings is 3. The van der Waals surface area contributed by atoms with E-state index in [4.69, 9.17) is 34.7 Å². The fourth-order valence-electron chi connectivity index (χ4n) is 6.43. The highest BCUT2D eigenvalue weighted by Crippen LogP contribution is 2.32. The van der Waals surface area contributed by atoms with Gasteiger partial charge in [0, 0.05) is 34.5 Å². The van der Waals surface area contributed by atoms with Crippen LogP contribution in [0.1, 0.15) is 73.7 Å². The first-order valence-corrected chi connectivity index (χ1v) is 23.2. The second kappa shape index (κ2) is 21.8. The fourth-order valence-corrected chi connectivity index (χ4v) is 8.89. The van der Waals surface area contributed by atoms with Crippen LogP contribution >= 0.6 is 57.2 Å². The zero-order valence-corrected chi connectivity index (χ0v) is 39.8. The molecule has 0 saturated carbocycles. The summed E-state index contributed by atoms with van der Waals surface area (Å²) in [4.78, 5) is 98.5. The number of primary amides is 1. The van der Waals surface area contributed by atoms with Crippen LogP contribution < -0.4 is 44.1 Å². The average Bonchev–Trinajstić information content (AvgIpc) is 4.19. The molecular weight excluding hydrogens is 976 g/mol. The highest BCUT2D eigenvalue weighted by Gasteiger charge is 2.43. The maximum Gasteiger partial charge on any atom is 0.277 e. The number of amides is 3. The van der Waals surface area contributed by atoms with Crippen LogP contribution in [0.3, 0.4) is 0 Å². The van der Waals surface area contributed by atoms with Crippen molar-refractivity contribution in [2.24, 2.45) is 5.73 Å². The van der Waals surface area contributed by atoms with Gasteiger partial charge in [-0.15, -0.1) is 0 Å². The number of carbonyl (C=O) groups excluding carboxylic acids is 4. The summed E-state index contributed by atoms with van der Waals surface area (Å²) in [7, 11) is 0. The first-order valence-electron chi connectivity index (χ1n) is 19.6. The Labute approximate surface area is 407 Å². The molecule has 0 spiro atoms. The molecule has 0 radical (unpaired) electrons. The number of rotatable bonds is 6. The van der Waals surface area contributed by atoms with Crippen LogP contribution in [0.15, 0.2) is 138 Å². The molecule has 348 valence electrons. The molecule has 0 bridgehead atoms. The molecule has 0 saturated heterocycles. The van der Waals surface area contributed by atoms with Crippen molar-refractivity contribution in [2.75, 3.05) is 11.1 Å². The van der Waals surface area contributed by atoms with Gasteiger partial charge in [0.2, 0.25) is 0 Å². The van der Waals surface area contributed by atoms with Crippen molar-refractivity contribution in [1.29, 1.82) is 0 Å². The van der Waals surface area contributed by atoms with E-state index in [1.807, 2.05) is 57.4 Å². The highest BCUT2D eigenvalue weighted by atomic mass is 35.5. The maximum absolute atomic E-state index is 13.0. The first kappa shape index (κ1) is 49.8. The van der Waals surface area contributed by atoms with Crippen molar-refractivity contribution < 1.29 is 19.2 Å². The van der Waals surface area contributed by atoms with E-state index in [2.05, 4.69) is 40.9 Å². The number of nitrogens with one attached hydrogen (secondary N) is 4. The molecule has 19 nitrogen and oxygen atoms in total. The van der Waals surface area contributed by atoms with Crippen molar-refractivity contribution in [3.63, 3.8) is 0 Å². The van der Waals surface area contributed by atoms with Gasteiger partial charge in [0.25, 0.3) is 34.4 Å². The lowest BCUT2D eigenvalue weighted by Crippen LogP contribution is -2.45. The zero-order valence-electron chi connectivity index (χ0n) is 35.8. The monoisotopic (exact) mass is 1010 g/mol. The van der Waals surface area contributed by atoms with Crippen molar-refractivity contribution >= 4 is 98.0 Å². The molecule has 2 atom stereocenters. The summed E-state index contributed by atoms with van der Waals surface area (Å²) in [6, 6.07) is 17.8. The number of halogens is 2. The van der Waals surface area contributed by atoms with E-state index in [-0.39, 0.29) is 44.5 Å². The third kappa shape index (κ3) is 11.3. The molecule has 2 aliphatic heterocycles. The normalized spacial score (nSPS) is 16.0. The number of thiophene rings is 3. The number of nitrogen functional groups attached to an aromatic ring is 1. The topological polar surface area (TPSA) is 285 Å².